The number of rotatable bonds is 6. The van der Waals surface area contributed by atoms with E-state index in [1.54, 1.807) is 6.92 Å². The van der Waals surface area contributed by atoms with Crippen LogP contribution >= 0.6 is 0 Å². The van der Waals surface area contributed by atoms with Crippen molar-refractivity contribution in [2.24, 2.45) is 0 Å². The molecule has 1 aliphatic carbocycles. The molecular formula is C20H23NO4. The molecule has 0 heterocycles. The summed E-state index contributed by atoms with van der Waals surface area (Å²) in [5.41, 5.74) is 0.702. The van der Waals surface area contributed by atoms with Crippen molar-refractivity contribution in [1.29, 1.82) is 0 Å². The highest BCUT2D eigenvalue weighted by Crippen LogP contribution is 2.23. The van der Waals surface area contributed by atoms with Crippen LogP contribution in [0.2, 0.25) is 0 Å². The second-order valence-corrected chi connectivity index (χ2v) is 6.37. The first-order chi connectivity index (χ1) is 12.1. The summed E-state index contributed by atoms with van der Waals surface area (Å²) in [7, 11) is 0. The molecule has 0 saturated heterocycles. The van der Waals surface area contributed by atoms with Gasteiger partial charge in [0.05, 0.1) is 6.10 Å². The number of carbonyl (C=O) groups excluding carboxylic acids is 2. The van der Waals surface area contributed by atoms with Gasteiger partial charge in [0.15, 0.2) is 6.10 Å². The second-order valence-electron chi connectivity index (χ2n) is 6.37. The number of nitrogens with one attached hydrogen (secondary N) is 1. The van der Waals surface area contributed by atoms with E-state index in [4.69, 9.17) is 9.47 Å². The van der Waals surface area contributed by atoms with Gasteiger partial charge < -0.3 is 14.8 Å². The fraction of sp³-hybridized carbons (Fsp3) is 0.400. The van der Waals surface area contributed by atoms with Gasteiger partial charge in [0.2, 0.25) is 0 Å². The van der Waals surface area contributed by atoms with E-state index >= 15 is 0 Å². The maximum absolute atomic E-state index is 12.3. The van der Waals surface area contributed by atoms with E-state index in [1.165, 1.54) is 0 Å². The molecule has 1 atom stereocenters. The van der Waals surface area contributed by atoms with Crippen molar-refractivity contribution < 1.29 is 19.1 Å². The van der Waals surface area contributed by atoms with Crippen molar-refractivity contribution >= 4 is 28.3 Å². The van der Waals surface area contributed by atoms with E-state index in [2.05, 4.69) is 5.32 Å². The molecule has 0 bridgehead atoms. The van der Waals surface area contributed by atoms with Gasteiger partial charge in [0.1, 0.15) is 6.61 Å². The predicted molar refractivity (Wildman–Crippen MR) is 96.3 cm³/mol. The molecule has 3 rings (SSSR count). The third-order valence-electron chi connectivity index (χ3n) is 4.46. The van der Waals surface area contributed by atoms with Crippen molar-refractivity contribution in [2.75, 3.05) is 11.9 Å². The van der Waals surface area contributed by atoms with E-state index < -0.39 is 12.1 Å². The van der Waals surface area contributed by atoms with E-state index in [0.29, 0.717) is 5.69 Å². The van der Waals surface area contributed by atoms with Crippen LogP contribution in [0.25, 0.3) is 10.8 Å². The number of hydrogen-bond acceptors (Lipinski definition) is 4. The maximum atomic E-state index is 12.3. The Hall–Kier alpha value is -2.40. The van der Waals surface area contributed by atoms with Gasteiger partial charge >= 0.3 is 5.97 Å². The minimum Gasteiger partial charge on any atom is -0.451 e. The zero-order valence-corrected chi connectivity index (χ0v) is 14.4. The van der Waals surface area contributed by atoms with Crippen LogP contribution < -0.4 is 5.32 Å². The summed E-state index contributed by atoms with van der Waals surface area (Å²) in [4.78, 5) is 24.2. The molecule has 1 amide bonds. The van der Waals surface area contributed by atoms with Crippen LogP contribution in [0, 0.1) is 0 Å². The van der Waals surface area contributed by atoms with E-state index in [-0.39, 0.29) is 18.6 Å². The van der Waals surface area contributed by atoms with E-state index in [1.807, 2.05) is 42.5 Å². The molecule has 0 unspecified atom stereocenters. The van der Waals surface area contributed by atoms with Crippen molar-refractivity contribution in [3.8, 4) is 0 Å². The number of amides is 1. The Morgan fingerprint density at radius 2 is 1.84 bits per heavy atom. The molecule has 0 radical (unpaired) electrons. The Bertz CT molecular complexity index is 747. The quantitative estimate of drug-likeness (QED) is 0.814. The fourth-order valence-corrected chi connectivity index (χ4v) is 3.09. The Balaban J connectivity index is 1.54. The van der Waals surface area contributed by atoms with Crippen LogP contribution in [-0.4, -0.2) is 30.7 Å². The molecular weight excluding hydrogens is 318 g/mol. The highest BCUT2D eigenvalue weighted by atomic mass is 16.6. The average molecular weight is 341 g/mol. The van der Waals surface area contributed by atoms with Crippen LogP contribution in [0.1, 0.15) is 32.6 Å². The van der Waals surface area contributed by atoms with Crippen molar-refractivity contribution in [1.82, 2.24) is 0 Å². The van der Waals surface area contributed by atoms with Crippen molar-refractivity contribution in [3.05, 3.63) is 42.5 Å². The van der Waals surface area contributed by atoms with Gasteiger partial charge in [0.25, 0.3) is 5.91 Å². The van der Waals surface area contributed by atoms with Crippen molar-refractivity contribution in [3.63, 3.8) is 0 Å². The summed E-state index contributed by atoms with van der Waals surface area (Å²) < 4.78 is 10.7. The lowest BCUT2D eigenvalue weighted by molar-refractivity contribution is -0.159. The third kappa shape index (κ3) is 4.57. The first-order valence-electron chi connectivity index (χ1n) is 8.73. The molecule has 0 aromatic heterocycles. The molecule has 2 aromatic rings. The lowest BCUT2D eigenvalue weighted by Crippen LogP contribution is -2.31. The number of fused-ring (bicyclic) bond motifs is 1. The van der Waals surface area contributed by atoms with Gasteiger partial charge in [-0.3, -0.25) is 4.79 Å². The highest BCUT2D eigenvalue weighted by molar-refractivity contribution is 6.03. The van der Waals surface area contributed by atoms with Gasteiger partial charge in [-0.25, -0.2) is 4.79 Å². The average Bonchev–Trinajstić information content (AvgIpc) is 3.14. The minimum absolute atomic E-state index is 0.101. The topological polar surface area (TPSA) is 64.6 Å². The standard InChI is InChI=1S/C20H23NO4/c1-14(25-19(22)13-24-16-9-3-4-10-16)20(23)21-18-12-6-8-15-7-2-5-11-17(15)18/h2,5-8,11-12,14,16H,3-4,9-10,13H2,1H3,(H,21,23)/t14-/m1/s1. The molecule has 1 N–H and O–H groups in total. The summed E-state index contributed by atoms with van der Waals surface area (Å²) >= 11 is 0. The highest BCUT2D eigenvalue weighted by Gasteiger charge is 2.21. The van der Waals surface area contributed by atoms with Crippen LogP contribution in [0.3, 0.4) is 0 Å². The molecule has 132 valence electrons. The summed E-state index contributed by atoms with van der Waals surface area (Å²) in [6.07, 6.45) is 3.54. The fourth-order valence-electron chi connectivity index (χ4n) is 3.09. The summed E-state index contributed by atoms with van der Waals surface area (Å²) in [6, 6.07) is 13.5. The van der Waals surface area contributed by atoms with E-state index in [9.17, 15) is 9.59 Å². The molecule has 1 aliphatic rings. The lowest BCUT2D eigenvalue weighted by atomic mass is 10.1. The van der Waals surface area contributed by atoms with Gasteiger partial charge in [-0.15, -0.1) is 0 Å². The largest absolute Gasteiger partial charge is 0.451 e. The Labute approximate surface area is 147 Å². The van der Waals surface area contributed by atoms with Crippen LogP contribution in [0.5, 0.6) is 0 Å². The van der Waals surface area contributed by atoms with Gasteiger partial charge in [-0.2, -0.15) is 0 Å². The first kappa shape index (κ1) is 17.4. The molecule has 0 spiro atoms. The monoisotopic (exact) mass is 341 g/mol. The number of benzene rings is 2. The summed E-state index contributed by atoms with van der Waals surface area (Å²) in [5, 5.41) is 4.81. The zero-order valence-electron chi connectivity index (χ0n) is 14.4. The normalized spacial score (nSPS) is 15.9. The minimum atomic E-state index is -0.876. The lowest BCUT2D eigenvalue weighted by Gasteiger charge is -2.16. The van der Waals surface area contributed by atoms with Crippen LogP contribution in [0.4, 0.5) is 5.69 Å². The summed E-state index contributed by atoms with van der Waals surface area (Å²) in [6.45, 7) is 1.46. The van der Waals surface area contributed by atoms with Gasteiger partial charge in [-0.1, -0.05) is 49.2 Å². The number of esters is 1. The molecule has 1 saturated carbocycles. The molecule has 25 heavy (non-hydrogen) atoms. The maximum Gasteiger partial charge on any atom is 0.332 e. The number of carbonyl (C=O) groups is 2. The Kier molecular flexibility index (Phi) is 5.66. The van der Waals surface area contributed by atoms with Gasteiger partial charge in [0, 0.05) is 11.1 Å². The molecule has 5 nitrogen and oxygen atoms in total. The molecule has 0 aliphatic heterocycles. The van der Waals surface area contributed by atoms with Crippen molar-refractivity contribution in [2.45, 2.75) is 44.8 Å². The first-order valence-corrected chi connectivity index (χ1v) is 8.73. The van der Waals surface area contributed by atoms with E-state index in [0.717, 1.165) is 36.5 Å². The number of anilines is 1. The predicted octanol–water partition coefficient (Wildman–Crippen LogP) is 3.67. The molecule has 2 aromatic carbocycles. The number of ether oxygens (including phenoxy) is 2. The number of hydrogen-bond donors (Lipinski definition) is 1. The van der Waals surface area contributed by atoms with Crippen LogP contribution in [-0.2, 0) is 19.1 Å². The smallest absolute Gasteiger partial charge is 0.332 e. The SMILES string of the molecule is C[C@@H](OC(=O)COC1CCCC1)C(=O)Nc1cccc2ccccc12. The zero-order chi connectivity index (χ0) is 17.6. The Morgan fingerprint density at radius 1 is 1.12 bits per heavy atom. The Morgan fingerprint density at radius 3 is 2.64 bits per heavy atom. The van der Waals surface area contributed by atoms with Crippen LogP contribution in [0.15, 0.2) is 42.5 Å². The van der Waals surface area contributed by atoms with Gasteiger partial charge in [-0.05, 0) is 31.2 Å². The second kappa shape index (κ2) is 8.12. The molecule has 5 heteroatoms. The molecule has 1 fully saturated rings. The third-order valence-corrected chi connectivity index (χ3v) is 4.46. The summed E-state index contributed by atoms with van der Waals surface area (Å²) in [5.74, 6) is -0.863.